The van der Waals surface area contributed by atoms with E-state index in [4.69, 9.17) is 16.3 Å². The van der Waals surface area contributed by atoms with E-state index in [-0.39, 0.29) is 0 Å². The fourth-order valence-corrected chi connectivity index (χ4v) is 1.75. The van der Waals surface area contributed by atoms with Gasteiger partial charge >= 0.3 is 0 Å². The zero-order valence-corrected chi connectivity index (χ0v) is 10.0. The van der Waals surface area contributed by atoms with Gasteiger partial charge in [0.2, 0.25) is 5.88 Å². The van der Waals surface area contributed by atoms with E-state index in [1.165, 1.54) is 0 Å². The van der Waals surface area contributed by atoms with E-state index in [2.05, 4.69) is 4.98 Å². The lowest BCUT2D eigenvalue weighted by atomic mass is 10.2. The summed E-state index contributed by atoms with van der Waals surface area (Å²) < 4.78 is 7.39. The third-order valence-electron chi connectivity index (χ3n) is 2.39. The molecule has 4 heteroatoms. The van der Waals surface area contributed by atoms with E-state index in [0.717, 1.165) is 11.3 Å². The van der Waals surface area contributed by atoms with Crippen LogP contribution in [0.25, 0.3) is 11.3 Å². The highest BCUT2D eigenvalue weighted by Gasteiger charge is 2.11. The van der Waals surface area contributed by atoms with Gasteiger partial charge in [-0.1, -0.05) is 11.6 Å². The van der Waals surface area contributed by atoms with Gasteiger partial charge < -0.3 is 9.30 Å². The highest BCUT2D eigenvalue weighted by atomic mass is 35.5. The molecule has 2 aromatic heterocycles. The molecule has 2 heterocycles. The van der Waals surface area contributed by atoms with Crippen LogP contribution in [0.2, 0.25) is 5.15 Å². The van der Waals surface area contributed by atoms with Crippen molar-refractivity contribution in [3.05, 3.63) is 35.6 Å². The first-order valence-corrected chi connectivity index (χ1v) is 5.51. The number of hydrogen-bond acceptors (Lipinski definition) is 2. The summed E-state index contributed by atoms with van der Waals surface area (Å²) in [4.78, 5) is 4.22. The van der Waals surface area contributed by atoms with Crippen molar-refractivity contribution in [1.82, 2.24) is 9.55 Å². The van der Waals surface area contributed by atoms with Crippen molar-refractivity contribution in [1.29, 1.82) is 0 Å². The van der Waals surface area contributed by atoms with Gasteiger partial charge in [-0.25, -0.2) is 4.98 Å². The van der Waals surface area contributed by atoms with E-state index < -0.39 is 0 Å². The SMILES string of the molecule is CCOc1ncccc1-c1ccc(Cl)n1C. The van der Waals surface area contributed by atoms with Gasteiger partial charge in [0, 0.05) is 13.2 Å². The molecule has 0 fully saturated rings. The van der Waals surface area contributed by atoms with Gasteiger partial charge in [-0.05, 0) is 31.2 Å². The van der Waals surface area contributed by atoms with Crippen LogP contribution in [-0.2, 0) is 7.05 Å². The van der Waals surface area contributed by atoms with Crippen molar-refractivity contribution in [3.63, 3.8) is 0 Å². The highest BCUT2D eigenvalue weighted by Crippen LogP contribution is 2.30. The smallest absolute Gasteiger partial charge is 0.222 e. The summed E-state index contributed by atoms with van der Waals surface area (Å²) in [5, 5.41) is 0.696. The molecule has 0 unspecified atom stereocenters. The van der Waals surface area contributed by atoms with Crippen LogP contribution in [0.15, 0.2) is 30.5 Å². The molecule has 2 aromatic rings. The number of ether oxygens (including phenoxy) is 1. The summed E-state index contributed by atoms with van der Waals surface area (Å²) in [5.74, 6) is 0.642. The third-order valence-corrected chi connectivity index (χ3v) is 2.77. The normalized spacial score (nSPS) is 10.4. The van der Waals surface area contributed by atoms with Crippen molar-refractivity contribution >= 4 is 11.6 Å². The first-order chi connectivity index (χ1) is 7.74. The Balaban J connectivity index is 2.51. The predicted molar refractivity (Wildman–Crippen MR) is 64.8 cm³/mol. The van der Waals surface area contributed by atoms with Gasteiger partial charge in [0.15, 0.2) is 0 Å². The van der Waals surface area contributed by atoms with Crippen molar-refractivity contribution in [2.24, 2.45) is 7.05 Å². The lowest BCUT2D eigenvalue weighted by Crippen LogP contribution is -1.99. The molecule has 84 valence electrons. The molecule has 0 spiro atoms. The van der Waals surface area contributed by atoms with Gasteiger partial charge in [0.05, 0.1) is 17.9 Å². The van der Waals surface area contributed by atoms with Crippen LogP contribution in [0.3, 0.4) is 0 Å². The minimum absolute atomic E-state index is 0.599. The molecular weight excluding hydrogens is 224 g/mol. The Hall–Kier alpha value is -1.48. The zero-order chi connectivity index (χ0) is 11.5. The van der Waals surface area contributed by atoms with Crippen molar-refractivity contribution in [2.45, 2.75) is 6.92 Å². The predicted octanol–water partition coefficient (Wildman–Crippen LogP) is 3.14. The maximum Gasteiger partial charge on any atom is 0.222 e. The molecule has 16 heavy (non-hydrogen) atoms. The van der Waals surface area contributed by atoms with Gasteiger partial charge in [-0.3, -0.25) is 0 Å². The molecule has 0 atom stereocenters. The summed E-state index contributed by atoms with van der Waals surface area (Å²) >= 11 is 6.01. The summed E-state index contributed by atoms with van der Waals surface area (Å²) in [7, 11) is 1.92. The fraction of sp³-hybridized carbons (Fsp3) is 0.250. The molecule has 0 aliphatic heterocycles. The average Bonchev–Trinajstić information content (AvgIpc) is 2.61. The Bertz CT molecular complexity index is 494. The van der Waals surface area contributed by atoms with Crippen LogP contribution in [0, 0.1) is 0 Å². The van der Waals surface area contributed by atoms with Crippen molar-refractivity contribution < 1.29 is 4.74 Å². The Morgan fingerprint density at radius 3 is 2.81 bits per heavy atom. The summed E-state index contributed by atoms with van der Waals surface area (Å²) in [5.41, 5.74) is 1.96. The Kier molecular flexibility index (Phi) is 3.15. The van der Waals surface area contributed by atoms with Gasteiger partial charge in [-0.15, -0.1) is 0 Å². The largest absolute Gasteiger partial charge is 0.477 e. The average molecular weight is 237 g/mol. The molecule has 0 saturated carbocycles. The maximum absolute atomic E-state index is 6.01. The van der Waals surface area contributed by atoms with Crippen LogP contribution in [-0.4, -0.2) is 16.2 Å². The number of pyridine rings is 1. The molecule has 0 N–H and O–H groups in total. The molecule has 0 amide bonds. The number of nitrogens with zero attached hydrogens (tertiary/aromatic N) is 2. The third kappa shape index (κ3) is 1.91. The van der Waals surface area contributed by atoms with Crippen molar-refractivity contribution in [2.75, 3.05) is 6.61 Å². The lowest BCUT2D eigenvalue weighted by Gasteiger charge is -2.09. The summed E-state index contributed by atoms with van der Waals surface area (Å²) in [6, 6.07) is 7.68. The van der Waals surface area contributed by atoms with E-state index >= 15 is 0 Å². The topological polar surface area (TPSA) is 27.1 Å². The first kappa shape index (κ1) is 11.0. The van der Waals surface area contributed by atoms with Crippen molar-refractivity contribution in [3.8, 4) is 17.1 Å². The van der Waals surface area contributed by atoms with Crippen LogP contribution in [0.5, 0.6) is 5.88 Å². The van der Waals surface area contributed by atoms with Crippen LogP contribution in [0.4, 0.5) is 0 Å². The fourth-order valence-electron chi connectivity index (χ4n) is 1.59. The minimum Gasteiger partial charge on any atom is -0.477 e. The standard InChI is InChI=1S/C12H13ClN2O/c1-3-16-12-9(5-4-8-14-12)10-6-7-11(13)15(10)2/h4-8H,3H2,1-2H3. The monoisotopic (exact) mass is 236 g/mol. The molecule has 0 saturated heterocycles. The van der Waals surface area contributed by atoms with Gasteiger partial charge in [0.25, 0.3) is 0 Å². The number of halogens is 1. The Morgan fingerprint density at radius 1 is 1.38 bits per heavy atom. The first-order valence-electron chi connectivity index (χ1n) is 5.13. The van der Waals surface area contributed by atoms with Gasteiger partial charge in [-0.2, -0.15) is 0 Å². The molecule has 0 aliphatic carbocycles. The van der Waals surface area contributed by atoms with Crippen LogP contribution in [0.1, 0.15) is 6.92 Å². The number of hydrogen-bond donors (Lipinski definition) is 0. The highest BCUT2D eigenvalue weighted by molar-refractivity contribution is 6.29. The van der Waals surface area contributed by atoms with E-state index in [0.29, 0.717) is 17.6 Å². The second-order valence-electron chi connectivity index (χ2n) is 3.39. The summed E-state index contributed by atoms with van der Waals surface area (Å²) in [6.07, 6.45) is 1.72. The molecule has 0 aromatic carbocycles. The second-order valence-corrected chi connectivity index (χ2v) is 3.78. The van der Waals surface area contributed by atoms with E-state index in [1.54, 1.807) is 6.20 Å². The number of rotatable bonds is 3. The molecule has 0 aliphatic rings. The maximum atomic E-state index is 6.01. The number of aromatic nitrogens is 2. The second kappa shape index (κ2) is 4.58. The minimum atomic E-state index is 0.599. The van der Waals surface area contributed by atoms with Crippen LogP contribution < -0.4 is 4.74 Å². The Labute approximate surface area is 99.6 Å². The van der Waals surface area contributed by atoms with Crippen LogP contribution >= 0.6 is 11.6 Å². The molecule has 3 nitrogen and oxygen atoms in total. The zero-order valence-electron chi connectivity index (χ0n) is 9.27. The molecular formula is C12H13ClN2O. The summed E-state index contributed by atoms with van der Waals surface area (Å²) in [6.45, 7) is 2.54. The van der Waals surface area contributed by atoms with E-state index in [9.17, 15) is 0 Å². The Morgan fingerprint density at radius 2 is 2.19 bits per heavy atom. The van der Waals surface area contributed by atoms with Gasteiger partial charge in [0.1, 0.15) is 5.15 Å². The lowest BCUT2D eigenvalue weighted by molar-refractivity contribution is 0.328. The molecule has 0 bridgehead atoms. The van der Waals surface area contributed by atoms with E-state index in [1.807, 2.05) is 42.8 Å². The molecule has 2 rings (SSSR count). The molecule has 0 radical (unpaired) electrons. The quantitative estimate of drug-likeness (QED) is 0.819.